The van der Waals surface area contributed by atoms with E-state index in [-0.39, 0.29) is 57.1 Å². The van der Waals surface area contributed by atoms with Crippen LogP contribution in [0.2, 0.25) is 0 Å². The van der Waals surface area contributed by atoms with Gasteiger partial charge in [-0.05, 0) is 124 Å². The molecule has 1 saturated carbocycles. The lowest BCUT2D eigenvalue weighted by molar-refractivity contribution is -0.256. The van der Waals surface area contributed by atoms with E-state index in [1.165, 1.54) is 57.8 Å². The first-order valence-corrected chi connectivity index (χ1v) is 26.7. The van der Waals surface area contributed by atoms with Gasteiger partial charge >= 0.3 is 6.09 Å². The SMILES string of the molecule is C=CCO[C@@]12Oc3ccc(Oc4ccc(OC)c(C=O)c4)cc3[C@H]3[C@H](CCCCO)[C@@H](CCCCO)C=C(C(=NOC(C)(C)C)C[C@@H]1N(Cc1ccc(F)cc1)C(=O)OCCCCCCCCCCCC)[C@H]32. The molecule has 1 fully saturated rings. The van der Waals surface area contributed by atoms with Gasteiger partial charge in [-0.2, -0.15) is 0 Å². The van der Waals surface area contributed by atoms with Gasteiger partial charge in [0.1, 0.15) is 40.5 Å². The summed E-state index contributed by atoms with van der Waals surface area (Å²) in [7, 11) is 1.51. The van der Waals surface area contributed by atoms with E-state index in [0.717, 1.165) is 62.4 Å². The Morgan fingerprint density at radius 2 is 1.56 bits per heavy atom. The maximum Gasteiger partial charge on any atom is 0.410 e. The van der Waals surface area contributed by atoms with Crippen molar-refractivity contribution in [3.8, 4) is 23.0 Å². The molecule has 3 aromatic rings. The van der Waals surface area contributed by atoms with Crippen LogP contribution in [-0.2, 0) is 20.9 Å². The average molecular weight is 997 g/mol. The number of oxime groups is 1. The molecule has 0 bridgehead atoms. The second-order valence-corrected chi connectivity index (χ2v) is 20.7. The summed E-state index contributed by atoms with van der Waals surface area (Å²) in [4.78, 5) is 35.1. The van der Waals surface area contributed by atoms with Crippen LogP contribution in [-0.4, -0.2) is 84.2 Å². The molecule has 3 aromatic carbocycles. The fraction of sp³-hybridized carbons (Fsp3) is 0.576. The smallest absolute Gasteiger partial charge is 0.410 e. The van der Waals surface area contributed by atoms with E-state index in [2.05, 4.69) is 19.6 Å². The predicted molar refractivity (Wildman–Crippen MR) is 279 cm³/mol. The Balaban J connectivity index is 1.49. The number of methoxy groups -OCH3 is 1. The zero-order chi connectivity index (χ0) is 51.5. The van der Waals surface area contributed by atoms with Crippen molar-refractivity contribution in [3.63, 3.8) is 0 Å². The number of ether oxygens (including phenoxy) is 5. The number of benzene rings is 3. The summed E-state index contributed by atoms with van der Waals surface area (Å²) in [6.07, 6.45) is 20.1. The van der Waals surface area contributed by atoms with E-state index in [1.54, 1.807) is 41.3 Å². The summed E-state index contributed by atoms with van der Waals surface area (Å²) in [6, 6.07) is 16.1. The van der Waals surface area contributed by atoms with Crippen molar-refractivity contribution in [1.29, 1.82) is 0 Å². The number of hydrogen-bond acceptors (Lipinski definition) is 11. The summed E-state index contributed by atoms with van der Waals surface area (Å²) < 4.78 is 47.3. The van der Waals surface area contributed by atoms with Crippen LogP contribution in [0.4, 0.5) is 9.18 Å². The highest BCUT2D eigenvalue weighted by Crippen LogP contribution is 2.62. The summed E-state index contributed by atoms with van der Waals surface area (Å²) in [6.45, 7) is 12.6. The lowest BCUT2D eigenvalue weighted by Crippen LogP contribution is -2.70. The van der Waals surface area contributed by atoms with Gasteiger partial charge < -0.3 is 38.7 Å². The number of unbranched alkanes of at least 4 members (excludes halogenated alkanes) is 11. The number of amides is 1. The van der Waals surface area contributed by atoms with Gasteiger partial charge in [-0.1, -0.05) is 107 Å². The summed E-state index contributed by atoms with van der Waals surface area (Å²) in [5.41, 5.74) is 2.79. The molecule has 0 saturated heterocycles. The minimum Gasteiger partial charge on any atom is -0.496 e. The molecule has 2 N–H and O–H groups in total. The van der Waals surface area contributed by atoms with Crippen molar-refractivity contribution in [2.75, 3.05) is 33.5 Å². The lowest BCUT2D eigenvalue weighted by Gasteiger charge is -2.60. The minimum absolute atomic E-state index is 0.00795. The van der Waals surface area contributed by atoms with Crippen LogP contribution in [0, 0.1) is 23.6 Å². The van der Waals surface area contributed by atoms with Crippen molar-refractivity contribution in [2.45, 2.75) is 167 Å². The number of aliphatic hydroxyl groups excluding tert-OH is 2. The molecule has 0 radical (unpaired) electrons. The number of carbonyl (C=O) groups excluding carboxylic acids is 2. The van der Waals surface area contributed by atoms with E-state index in [1.807, 2.05) is 39.0 Å². The lowest BCUT2D eigenvalue weighted by atomic mass is 9.55. The zero-order valence-corrected chi connectivity index (χ0v) is 43.6. The van der Waals surface area contributed by atoms with Crippen LogP contribution in [0.25, 0.3) is 0 Å². The van der Waals surface area contributed by atoms with E-state index < -0.39 is 35.3 Å². The number of hydrogen-bond donors (Lipinski definition) is 2. The third-order valence-electron chi connectivity index (χ3n) is 14.2. The van der Waals surface area contributed by atoms with Crippen LogP contribution in [0.5, 0.6) is 23.0 Å². The Bertz CT molecular complexity index is 2260. The van der Waals surface area contributed by atoms with Crippen molar-refractivity contribution >= 4 is 18.1 Å². The van der Waals surface area contributed by atoms with Gasteiger partial charge in [0.2, 0.25) is 5.79 Å². The predicted octanol–water partition coefficient (Wildman–Crippen LogP) is 13.4. The number of rotatable bonds is 30. The first kappa shape index (κ1) is 56.1. The van der Waals surface area contributed by atoms with Crippen molar-refractivity contribution in [3.05, 3.63) is 107 Å². The number of aldehydes is 1. The molecule has 13 heteroatoms. The topological polar surface area (TPSA) is 146 Å². The zero-order valence-electron chi connectivity index (χ0n) is 43.6. The van der Waals surface area contributed by atoms with Crippen molar-refractivity contribution < 1.29 is 52.7 Å². The molecule has 0 spiro atoms. The summed E-state index contributed by atoms with van der Waals surface area (Å²) in [5, 5.41) is 25.1. The normalized spacial score (nSPS) is 21.7. The standard InChI is InChI=1S/C59H81FN2O10/c1-7-9-10-11-12-13-14-15-16-21-35-68-57(66)62(40-42-24-26-45(60)27-25-42)54-39-51(61-72-58(3,4)5)49-37-43(22-17-19-32-63)48(23-18-20-33-64)55-50-38-47(70-46-28-30-52(67-6)44(36-46)41-65)29-31-53(50)71-59(54,56(49)55)69-34-8-2/h8,24-31,36-38,41,43,48,54-56,63-64H,2,7,9-23,32-35,39-40H2,1,3-6H3/t43-,48+,54-,55+,56+,59+/m0/s1. The van der Waals surface area contributed by atoms with Crippen LogP contribution in [0.3, 0.4) is 0 Å². The number of fused-ring (bicyclic) bond motifs is 2. The molecule has 0 unspecified atom stereocenters. The van der Waals surface area contributed by atoms with E-state index >= 15 is 4.79 Å². The maximum absolute atomic E-state index is 15.0. The Hall–Kier alpha value is -5.24. The van der Waals surface area contributed by atoms with Gasteiger partial charge in [-0.15, -0.1) is 6.58 Å². The number of halogens is 1. The maximum atomic E-state index is 15.0. The average Bonchev–Trinajstić information content (AvgIpc) is 3.37. The molecular formula is C59H81FN2O10. The molecule has 0 aromatic heterocycles. The highest BCUT2D eigenvalue weighted by Gasteiger charge is 2.66. The van der Waals surface area contributed by atoms with Crippen LogP contribution >= 0.6 is 0 Å². The Labute approximate surface area is 427 Å². The van der Waals surface area contributed by atoms with E-state index in [0.29, 0.717) is 59.1 Å². The van der Waals surface area contributed by atoms with Gasteiger partial charge in [0.05, 0.1) is 37.5 Å². The van der Waals surface area contributed by atoms with Crippen molar-refractivity contribution in [2.24, 2.45) is 22.9 Å². The molecule has 72 heavy (non-hydrogen) atoms. The van der Waals surface area contributed by atoms with Crippen LogP contribution in [0.1, 0.15) is 164 Å². The molecule has 3 aliphatic rings. The molecular weight excluding hydrogens is 916 g/mol. The first-order chi connectivity index (χ1) is 34.9. The van der Waals surface area contributed by atoms with E-state index in [9.17, 15) is 19.4 Å². The number of allylic oxidation sites excluding steroid dienone is 1. The van der Waals surface area contributed by atoms with Crippen molar-refractivity contribution in [1.82, 2.24) is 4.90 Å². The second-order valence-electron chi connectivity index (χ2n) is 20.7. The number of carbonyl (C=O) groups is 2. The molecule has 394 valence electrons. The van der Waals surface area contributed by atoms with Crippen LogP contribution in [0.15, 0.2) is 90.1 Å². The van der Waals surface area contributed by atoms with Gasteiger partial charge in [-0.3, -0.25) is 9.69 Å². The van der Waals surface area contributed by atoms with Gasteiger partial charge in [0, 0.05) is 37.7 Å². The van der Waals surface area contributed by atoms with Gasteiger partial charge in [0.15, 0.2) is 6.29 Å². The second kappa shape index (κ2) is 27.7. The number of nitrogens with zero attached hydrogens (tertiary/aromatic N) is 2. The highest BCUT2D eigenvalue weighted by molar-refractivity contribution is 6.03. The molecule has 12 nitrogen and oxygen atoms in total. The molecule has 6 rings (SSSR count). The number of aliphatic hydroxyl groups is 2. The molecule has 2 aliphatic carbocycles. The Morgan fingerprint density at radius 1 is 0.889 bits per heavy atom. The summed E-state index contributed by atoms with van der Waals surface area (Å²) >= 11 is 0. The Kier molecular flexibility index (Phi) is 21.6. The Morgan fingerprint density at radius 3 is 2.21 bits per heavy atom. The van der Waals surface area contributed by atoms with Gasteiger partial charge in [-0.25, -0.2) is 9.18 Å². The fourth-order valence-electron chi connectivity index (χ4n) is 10.8. The van der Waals surface area contributed by atoms with Crippen LogP contribution < -0.4 is 14.2 Å². The largest absolute Gasteiger partial charge is 0.496 e. The minimum atomic E-state index is -1.54. The molecule has 1 aliphatic heterocycles. The van der Waals surface area contributed by atoms with Gasteiger partial charge in [0.25, 0.3) is 0 Å². The highest BCUT2D eigenvalue weighted by atomic mass is 19.1. The first-order valence-electron chi connectivity index (χ1n) is 26.7. The third kappa shape index (κ3) is 14.7. The monoisotopic (exact) mass is 997 g/mol. The quantitative estimate of drug-likeness (QED) is 0.0286. The molecule has 6 atom stereocenters. The fourth-order valence-corrected chi connectivity index (χ4v) is 10.8. The third-order valence-corrected chi connectivity index (χ3v) is 14.2. The molecule has 1 amide bonds. The molecule has 1 heterocycles. The van der Waals surface area contributed by atoms with E-state index in [4.69, 9.17) is 33.7 Å². The summed E-state index contributed by atoms with van der Waals surface area (Å²) in [5.74, 6) is -0.910.